The third-order valence-electron chi connectivity index (χ3n) is 2.18. The van der Waals surface area contributed by atoms with Crippen LogP contribution < -0.4 is 10.1 Å². The Labute approximate surface area is 96.6 Å². The number of carbonyl (C=O) groups excluding carboxylic acids is 1. The van der Waals surface area contributed by atoms with Crippen molar-refractivity contribution in [3.63, 3.8) is 0 Å². The lowest BCUT2D eigenvalue weighted by Crippen LogP contribution is -2.30. The van der Waals surface area contributed by atoms with Gasteiger partial charge in [-0.05, 0) is 26.1 Å². The largest absolute Gasteiger partial charge is 0.573 e. The maximum Gasteiger partial charge on any atom is 0.573 e. The highest BCUT2D eigenvalue weighted by molar-refractivity contribution is 6.00. The third-order valence-corrected chi connectivity index (χ3v) is 2.18. The summed E-state index contributed by atoms with van der Waals surface area (Å²) in [5.74, 6) is -0.688. The van der Waals surface area contributed by atoms with Crippen LogP contribution in [0.1, 0.15) is 17.3 Å². The van der Waals surface area contributed by atoms with Gasteiger partial charge in [0.25, 0.3) is 0 Å². The van der Waals surface area contributed by atoms with Gasteiger partial charge in [0.1, 0.15) is 5.75 Å². The molecule has 1 rings (SSSR count). The summed E-state index contributed by atoms with van der Waals surface area (Å²) < 4.78 is 39.7. The molecule has 17 heavy (non-hydrogen) atoms. The van der Waals surface area contributed by atoms with Gasteiger partial charge in [0, 0.05) is 5.56 Å². The van der Waals surface area contributed by atoms with Gasteiger partial charge < -0.3 is 10.1 Å². The molecule has 0 heterocycles. The minimum absolute atomic E-state index is 0.175. The summed E-state index contributed by atoms with van der Waals surface area (Å²) in [5, 5.41) is 2.72. The monoisotopic (exact) mass is 247 g/mol. The fourth-order valence-corrected chi connectivity index (χ4v) is 1.23. The molecule has 0 saturated carbocycles. The van der Waals surface area contributed by atoms with Crippen molar-refractivity contribution in [3.05, 3.63) is 29.8 Å². The van der Waals surface area contributed by atoms with Crippen molar-refractivity contribution in [2.45, 2.75) is 19.3 Å². The minimum atomic E-state index is -4.75. The van der Waals surface area contributed by atoms with E-state index >= 15 is 0 Å². The fourth-order valence-electron chi connectivity index (χ4n) is 1.23. The Bertz CT molecular complexity index is 404. The highest BCUT2D eigenvalue weighted by Crippen LogP contribution is 2.23. The molecular weight excluding hydrogens is 235 g/mol. The molecule has 0 fully saturated rings. The molecule has 1 atom stereocenters. The third kappa shape index (κ3) is 4.07. The Morgan fingerprint density at radius 1 is 1.41 bits per heavy atom. The molecule has 94 valence electrons. The summed E-state index contributed by atoms with van der Waals surface area (Å²) in [5.41, 5.74) is 0.175. The molecule has 0 spiro atoms. The molecule has 1 aromatic rings. The number of nitrogens with one attached hydrogen (secondary N) is 1. The summed E-state index contributed by atoms with van der Waals surface area (Å²) >= 11 is 0. The first-order chi connectivity index (χ1) is 7.83. The molecule has 0 radical (unpaired) electrons. The Hall–Kier alpha value is -1.56. The van der Waals surface area contributed by atoms with Crippen LogP contribution in [0.2, 0.25) is 0 Å². The quantitative estimate of drug-likeness (QED) is 0.830. The molecule has 3 nitrogen and oxygen atoms in total. The first-order valence-corrected chi connectivity index (χ1v) is 4.91. The first-order valence-electron chi connectivity index (χ1n) is 4.91. The second-order valence-electron chi connectivity index (χ2n) is 3.45. The molecular formula is C11H12F3NO2. The van der Waals surface area contributed by atoms with Crippen molar-refractivity contribution in [1.82, 2.24) is 5.32 Å². The molecule has 0 saturated heterocycles. The molecule has 0 aliphatic heterocycles. The molecule has 0 amide bonds. The summed E-state index contributed by atoms with van der Waals surface area (Å²) in [6.45, 7) is 1.62. The van der Waals surface area contributed by atoms with E-state index in [4.69, 9.17) is 0 Å². The van der Waals surface area contributed by atoms with Gasteiger partial charge in [-0.2, -0.15) is 0 Å². The number of hydrogen-bond acceptors (Lipinski definition) is 3. The second kappa shape index (κ2) is 5.18. The van der Waals surface area contributed by atoms with Gasteiger partial charge >= 0.3 is 6.36 Å². The number of Topliss-reactive ketones (excluding diaryl/α,β-unsaturated/α-hetero) is 1. The molecule has 0 bridgehead atoms. The molecule has 0 aromatic heterocycles. The van der Waals surface area contributed by atoms with Crippen LogP contribution in [-0.2, 0) is 0 Å². The Morgan fingerprint density at radius 3 is 2.59 bits per heavy atom. The van der Waals surface area contributed by atoms with E-state index < -0.39 is 18.2 Å². The van der Waals surface area contributed by atoms with Gasteiger partial charge in [0.15, 0.2) is 5.78 Å². The van der Waals surface area contributed by atoms with E-state index in [1.54, 1.807) is 14.0 Å². The fraction of sp³-hybridized carbons (Fsp3) is 0.364. The van der Waals surface area contributed by atoms with Gasteiger partial charge in [0.05, 0.1) is 6.04 Å². The van der Waals surface area contributed by atoms with Crippen molar-refractivity contribution >= 4 is 5.78 Å². The number of ether oxygens (including phenoxy) is 1. The first kappa shape index (κ1) is 13.5. The van der Waals surface area contributed by atoms with Gasteiger partial charge in [-0.1, -0.05) is 12.1 Å². The second-order valence-corrected chi connectivity index (χ2v) is 3.45. The predicted octanol–water partition coefficient (Wildman–Crippen LogP) is 2.38. The highest BCUT2D eigenvalue weighted by atomic mass is 19.4. The molecule has 6 heteroatoms. The molecule has 1 aromatic carbocycles. The maximum absolute atomic E-state index is 12.0. The number of rotatable bonds is 4. The van der Waals surface area contributed by atoms with Crippen molar-refractivity contribution in [1.29, 1.82) is 0 Å². The molecule has 0 aliphatic carbocycles. The van der Waals surface area contributed by atoms with Crippen LogP contribution >= 0.6 is 0 Å². The van der Waals surface area contributed by atoms with E-state index in [1.807, 2.05) is 0 Å². The van der Waals surface area contributed by atoms with Crippen molar-refractivity contribution in [3.8, 4) is 5.75 Å². The van der Waals surface area contributed by atoms with Crippen molar-refractivity contribution in [2.75, 3.05) is 7.05 Å². The van der Waals surface area contributed by atoms with Gasteiger partial charge in [-0.25, -0.2) is 0 Å². The highest BCUT2D eigenvalue weighted by Gasteiger charge is 2.31. The van der Waals surface area contributed by atoms with E-state index in [9.17, 15) is 18.0 Å². The van der Waals surface area contributed by atoms with E-state index in [2.05, 4.69) is 10.1 Å². The molecule has 1 unspecified atom stereocenters. The zero-order chi connectivity index (χ0) is 13.1. The standard InChI is InChI=1S/C11H12F3NO2/c1-7(15-2)10(16)8-4-3-5-9(6-8)17-11(12,13)14/h3-7,15H,1-2H3. The number of hydrogen-bond donors (Lipinski definition) is 1. The topological polar surface area (TPSA) is 38.3 Å². The smallest absolute Gasteiger partial charge is 0.406 e. The molecule has 0 aliphatic rings. The van der Waals surface area contributed by atoms with E-state index in [0.717, 1.165) is 12.1 Å². The summed E-state index contributed by atoms with van der Waals surface area (Å²) in [6.07, 6.45) is -4.75. The summed E-state index contributed by atoms with van der Waals surface area (Å²) in [7, 11) is 1.60. The average Bonchev–Trinajstić information content (AvgIpc) is 2.25. The van der Waals surface area contributed by atoms with Crippen LogP contribution in [0.4, 0.5) is 13.2 Å². The maximum atomic E-state index is 12.0. The lowest BCUT2D eigenvalue weighted by molar-refractivity contribution is -0.274. The molecule has 1 N–H and O–H groups in total. The Kier molecular flexibility index (Phi) is 4.11. The normalized spacial score (nSPS) is 13.2. The zero-order valence-corrected chi connectivity index (χ0v) is 9.34. The van der Waals surface area contributed by atoms with Crippen molar-refractivity contribution < 1.29 is 22.7 Å². The summed E-state index contributed by atoms with van der Waals surface area (Å²) in [4.78, 5) is 11.7. The lowest BCUT2D eigenvalue weighted by atomic mass is 10.1. The number of carbonyl (C=O) groups is 1. The van der Waals surface area contributed by atoms with Crippen LogP contribution in [0.3, 0.4) is 0 Å². The SMILES string of the molecule is CNC(C)C(=O)c1cccc(OC(F)(F)F)c1. The lowest BCUT2D eigenvalue weighted by Gasteiger charge is -2.12. The van der Waals surface area contributed by atoms with Crippen LogP contribution in [0, 0.1) is 0 Å². The minimum Gasteiger partial charge on any atom is -0.406 e. The Balaban J connectivity index is 2.90. The number of halogens is 3. The van der Waals surface area contributed by atoms with Crippen molar-refractivity contribution in [2.24, 2.45) is 0 Å². The van der Waals surface area contributed by atoms with Crippen LogP contribution in [0.5, 0.6) is 5.75 Å². The summed E-state index contributed by atoms with van der Waals surface area (Å²) in [6, 6.07) is 4.55. The van der Waals surface area contributed by atoms with Gasteiger partial charge in [0.2, 0.25) is 0 Å². The number of ketones is 1. The van der Waals surface area contributed by atoms with E-state index in [0.29, 0.717) is 0 Å². The van der Waals surface area contributed by atoms with Gasteiger partial charge in [-0.3, -0.25) is 4.79 Å². The van der Waals surface area contributed by atoms with Crippen LogP contribution in [0.15, 0.2) is 24.3 Å². The zero-order valence-electron chi connectivity index (χ0n) is 9.34. The number of likely N-dealkylation sites (N-methyl/N-ethyl adjacent to an activating group) is 1. The van der Waals surface area contributed by atoms with E-state index in [-0.39, 0.29) is 11.3 Å². The Morgan fingerprint density at radius 2 is 2.06 bits per heavy atom. The number of alkyl halides is 3. The van der Waals surface area contributed by atoms with Crippen LogP contribution in [0.25, 0.3) is 0 Å². The predicted molar refractivity (Wildman–Crippen MR) is 56.0 cm³/mol. The van der Waals surface area contributed by atoms with E-state index in [1.165, 1.54) is 12.1 Å². The number of benzene rings is 1. The van der Waals surface area contributed by atoms with Gasteiger partial charge in [-0.15, -0.1) is 13.2 Å². The average molecular weight is 247 g/mol. The van der Waals surface area contributed by atoms with Crippen LogP contribution in [-0.4, -0.2) is 25.2 Å².